The van der Waals surface area contributed by atoms with Gasteiger partial charge in [-0.15, -0.1) is 22.7 Å². The molecule has 2 N–H and O–H groups in total. The van der Waals surface area contributed by atoms with Crippen molar-refractivity contribution in [2.24, 2.45) is 0 Å². The van der Waals surface area contributed by atoms with Crippen molar-refractivity contribution in [1.82, 2.24) is 0 Å². The van der Waals surface area contributed by atoms with Crippen LogP contribution in [0.15, 0.2) is 130 Å². The first-order valence-electron chi connectivity index (χ1n) is 18.5. The molecule has 0 bridgehead atoms. The van der Waals surface area contributed by atoms with E-state index in [1.807, 2.05) is 71.4 Å². The Labute approximate surface area is 347 Å². The number of carbonyl (C=O) groups is 2. The number of ether oxygens (including phenoxy) is 2. The van der Waals surface area contributed by atoms with Crippen LogP contribution in [0.4, 0.5) is 10.0 Å². The first-order valence-corrected chi connectivity index (χ1v) is 23.5. The summed E-state index contributed by atoms with van der Waals surface area (Å²) in [6.07, 6.45) is 0. The van der Waals surface area contributed by atoms with Crippen LogP contribution < -0.4 is 10.6 Å². The molecule has 2 atom stereocenters. The van der Waals surface area contributed by atoms with Gasteiger partial charge in [0.05, 0.1) is 56.3 Å². The number of nitrogens with one attached hydrogen (secondary N) is 2. The minimum Gasteiger partial charge on any atom is -0.380 e. The second-order valence-electron chi connectivity index (χ2n) is 13.5. The molecule has 0 aliphatic rings. The monoisotopic (exact) mass is 856 g/mol. The highest BCUT2D eigenvalue weighted by Gasteiger charge is 2.37. The summed E-state index contributed by atoms with van der Waals surface area (Å²) in [5.74, 6) is -3.64. The second kappa shape index (κ2) is 18.7. The summed E-state index contributed by atoms with van der Waals surface area (Å²) in [5.41, 5.74) is 6.38. The minimum atomic E-state index is -3.57. The van der Waals surface area contributed by atoms with E-state index in [1.54, 1.807) is 52.3 Å². The van der Waals surface area contributed by atoms with Crippen molar-refractivity contribution in [2.45, 2.75) is 48.7 Å². The van der Waals surface area contributed by atoms with Gasteiger partial charge in [-0.05, 0) is 80.9 Å². The van der Waals surface area contributed by atoms with Crippen LogP contribution in [0.2, 0.25) is 0 Å². The van der Waals surface area contributed by atoms with Crippen molar-refractivity contribution in [3.63, 3.8) is 0 Å². The SMILES string of the molecule is CCS(=O)(=O)c1ccc(C(C(=O)Nc2cc(-c3ccccc3COC)cs2)C(C(=O)Nc2cc(-c3ccccc3COC)cs2)c2ccc(S(=O)(=O)CC)cc2)cc1. The number of rotatable bonds is 17. The maximum atomic E-state index is 14.8. The maximum absolute atomic E-state index is 14.8. The number of benzene rings is 4. The highest BCUT2D eigenvalue weighted by atomic mass is 32.2. The lowest BCUT2D eigenvalue weighted by Crippen LogP contribution is -2.33. The summed E-state index contributed by atoms with van der Waals surface area (Å²) in [5, 5.41) is 11.0. The third-order valence-corrected chi connectivity index (χ3v) is 15.0. The highest BCUT2D eigenvalue weighted by Crippen LogP contribution is 2.40. The molecule has 2 amide bonds. The second-order valence-corrected chi connectivity index (χ2v) is 19.8. The van der Waals surface area contributed by atoms with Gasteiger partial charge in [0.15, 0.2) is 19.7 Å². The first-order chi connectivity index (χ1) is 27.9. The van der Waals surface area contributed by atoms with E-state index in [9.17, 15) is 26.4 Å². The van der Waals surface area contributed by atoms with Crippen LogP contribution in [0.5, 0.6) is 0 Å². The number of amides is 2. The fourth-order valence-electron chi connectivity index (χ4n) is 6.74. The summed E-state index contributed by atoms with van der Waals surface area (Å²) < 4.78 is 62.0. The van der Waals surface area contributed by atoms with Gasteiger partial charge in [0.25, 0.3) is 0 Å². The van der Waals surface area contributed by atoms with Gasteiger partial charge in [-0.3, -0.25) is 9.59 Å². The van der Waals surface area contributed by atoms with Gasteiger partial charge in [-0.2, -0.15) is 0 Å². The van der Waals surface area contributed by atoms with E-state index in [4.69, 9.17) is 9.47 Å². The minimum absolute atomic E-state index is 0.0885. The molecule has 302 valence electrons. The molecule has 0 radical (unpaired) electrons. The molecule has 0 spiro atoms. The zero-order valence-electron chi connectivity index (χ0n) is 32.4. The Morgan fingerprint density at radius 2 is 0.931 bits per heavy atom. The molecule has 6 rings (SSSR count). The molecule has 0 saturated carbocycles. The fourth-order valence-corrected chi connectivity index (χ4v) is 10.1. The maximum Gasteiger partial charge on any atom is 0.233 e. The largest absolute Gasteiger partial charge is 0.380 e. The normalized spacial score (nSPS) is 12.8. The van der Waals surface area contributed by atoms with Crippen molar-refractivity contribution in [3.05, 3.63) is 142 Å². The van der Waals surface area contributed by atoms with E-state index in [-0.39, 0.29) is 21.3 Å². The molecule has 0 aliphatic carbocycles. The summed E-state index contributed by atoms with van der Waals surface area (Å²) >= 11 is 2.65. The number of hydrogen-bond donors (Lipinski definition) is 2. The van der Waals surface area contributed by atoms with Crippen molar-refractivity contribution in [3.8, 4) is 22.3 Å². The van der Waals surface area contributed by atoms with E-state index < -0.39 is 43.3 Å². The van der Waals surface area contributed by atoms with E-state index in [0.717, 1.165) is 33.4 Å². The van der Waals surface area contributed by atoms with Gasteiger partial charge in [0, 0.05) is 25.0 Å². The molecule has 58 heavy (non-hydrogen) atoms. The smallest absolute Gasteiger partial charge is 0.233 e. The van der Waals surface area contributed by atoms with Crippen molar-refractivity contribution in [2.75, 3.05) is 36.4 Å². The van der Waals surface area contributed by atoms with Gasteiger partial charge >= 0.3 is 0 Å². The first kappa shape index (κ1) is 42.6. The molecular weight excluding hydrogens is 813 g/mol. The molecule has 4 aromatic carbocycles. The van der Waals surface area contributed by atoms with Crippen LogP contribution in [0.25, 0.3) is 22.3 Å². The Hall–Kier alpha value is -4.96. The lowest BCUT2D eigenvalue weighted by molar-refractivity contribution is -0.124. The van der Waals surface area contributed by atoms with Crippen LogP contribution in [-0.2, 0) is 52.0 Å². The number of sulfone groups is 2. The summed E-state index contributed by atoms with van der Waals surface area (Å²) in [4.78, 5) is 29.7. The van der Waals surface area contributed by atoms with Gasteiger partial charge in [-0.1, -0.05) is 86.6 Å². The highest BCUT2D eigenvalue weighted by molar-refractivity contribution is 7.91. The number of carbonyl (C=O) groups excluding carboxylic acids is 2. The molecule has 10 nitrogen and oxygen atoms in total. The predicted molar refractivity (Wildman–Crippen MR) is 232 cm³/mol. The summed E-state index contributed by atoms with van der Waals surface area (Å²) in [6.45, 7) is 3.91. The quantitative estimate of drug-likeness (QED) is 0.0925. The van der Waals surface area contributed by atoms with E-state index in [0.29, 0.717) is 34.3 Å². The molecule has 6 aromatic rings. The van der Waals surface area contributed by atoms with Gasteiger partial charge < -0.3 is 20.1 Å². The van der Waals surface area contributed by atoms with Gasteiger partial charge in [-0.25, -0.2) is 16.8 Å². The fraction of sp³-hybridized carbons (Fsp3) is 0.227. The van der Waals surface area contributed by atoms with Crippen molar-refractivity contribution >= 4 is 64.2 Å². The van der Waals surface area contributed by atoms with E-state index in [1.165, 1.54) is 46.9 Å². The van der Waals surface area contributed by atoms with Crippen LogP contribution in [0, 0.1) is 0 Å². The van der Waals surface area contributed by atoms with Gasteiger partial charge in [0.1, 0.15) is 0 Å². The molecule has 0 aliphatic heterocycles. The van der Waals surface area contributed by atoms with E-state index >= 15 is 0 Å². The molecule has 0 fully saturated rings. The lowest BCUT2D eigenvalue weighted by Gasteiger charge is -2.27. The standard InChI is InChI=1S/C44H44N2O8S4/c1-5-57(49,50)35-19-15-29(16-20-35)41(43(47)45-39-23-33(27-55-39)37-13-9-7-11-31(37)25-53-3)42(30-17-21-36(22-18-30)58(51,52)6-2)44(48)46-40-24-34(28-56-40)38-14-10-8-12-32(38)26-54-4/h7-24,27-28,41-42H,5-6,25-26H2,1-4H3,(H,45,47)(H,46,48). The zero-order valence-corrected chi connectivity index (χ0v) is 35.7. The number of anilines is 2. The third-order valence-electron chi connectivity index (χ3n) is 9.80. The lowest BCUT2D eigenvalue weighted by atomic mass is 9.80. The van der Waals surface area contributed by atoms with E-state index in [2.05, 4.69) is 10.6 Å². The molecule has 2 unspecified atom stereocenters. The molecular formula is C44H44N2O8S4. The van der Waals surface area contributed by atoms with Crippen LogP contribution in [0.1, 0.15) is 47.9 Å². The molecule has 2 aromatic heterocycles. The Kier molecular flexibility index (Phi) is 13.8. The van der Waals surface area contributed by atoms with Crippen LogP contribution in [-0.4, -0.2) is 54.4 Å². The molecule has 14 heteroatoms. The summed E-state index contributed by atoms with van der Waals surface area (Å²) in [6, 6.07) is 31.3. The zero-order chi connectivity index (χ0) is 41.5. The van der Waals surface area contributed by atoms with Crippen LogP contribution in [0.3, 0.4) is 0 Å². The third kappa shape index (κ3) is 9.66. The topological polar surface area (TPSA) is 145 Å². The number of methoxy groups -OCH3 is 2. The number of hydrogen-bond acceptors (Lipinski definition) is 10. The average Bonchev–Trinajstić information content (AvgIpc) is 3.90. The van der Waals surface area contributed by atoms with Crippen molar-refractivity contribution < 1.29 is 35.9 Å². The molecule has 2 heterocycles. The van der Waals surface area contributed by atoms with Gasteiger partial charge in [0.2, 0.25) is 11.8 Å². The molecule has 0 saturated heterocycles. The number of thiophene rings is 2. The van der Waals surface area contributed by atoms with Crippen molar-refractivity contribution in [1.29, 1.82) is 0 Å². The summed E-state index contributed by atoms with van der Waals surface area (Å²) in [7, 11) is -3.88. The Bertz CT molecular complexity index is 2420. The Morgan fingerprint density at radius 3 is 1.28 bits per heavy atom. The Morgan fingerprint density at radius 1 is 0.569 bits per heavy atom. The average molecular weight is 857 g/mol. The predicted octanol–water partition coefficient (Wildman–Crippen LogP) is 9.17. The van der Waals surface area contributed by atoms with Crippen LogP contribution >= 0.6 is 22.7 Å². The Balaban J connectivity index is 1.43.